The Labute approximate surface area is 174 Å². The average Bonchev–Trinajstić information content (AvgIpc) is 2.63. The van der Waals surface area contributed by atoms with Crippen LogP contribution in [0.15, 0.2) is 42.5 Å². The van der Waals surface area contributed by atoms with Gasteiger partial charge in [-0.25, -0.2) is 0 Å². The highest BCUT2D eigenvalue weighted by atomic mass is 16.5. The van der Waals surface area contributed by atoms with Crippen LogP contribution in [0.25, 0.3) is 0 Å². The molecule has 0 aliphatic rings. The normalized spacial score (nSPS) is 11.8. The van der Waals surface area contributed by atoms with Gasteiger partial charge in [0, 0.05) is 12.6 Å². The Kier molecular flexibility index (Phi) is 7.82. The molecular formula is C24H32N2O3. The van der Waals surface area contributed by atoms with Crippen molar-refractivity contribution < 1.29 is 14.3 Å². The Morgan fingerprint density at radius 3 is 2.21 bits per heavy atom. The highest BCUT2D eigenvalue weighted by Gasteiger charge is 2.27. The van der Waals surface area contributed by atoms with Gasteiger partial charge in [0.05, 0.1) is 0 Å². The number of amides is 2. The summed E-state index contributed by atoms with van der Waals surface area (Å²) in [4.78, 5) is 27.2. The minimum atomic E-state index is -0.604. The second kappa shape index (κ2) is 10.1. The number of rotatable bonds is 8. The predicted molar refractivity (Wildman–Crippen MR) is 116 cm³/mol. The number of aryl methyl sites for hydroxylation is 3. The van der Waals surface area contributed by atoms with Crippen molar-refractivity contribution in [3.63, 3.8) is 0 Å². The second-order valence-electron chi connectivity index (χ2n) is 7.90. The minimum Gasteiger partial charge on any atom is -0.484 e. The van der Waals surface area contributed by atoms with Gasteiger partial charge in [-0.3, -0.25) is 9.59 Å². The maximum absolute atomic E-state index is 13.1. The molecule has 1 atom stereocenters. The van der Waals surface area contributed by atoms with Crippen molar-refractivity contribution in [2.45, 2.75) is 60.2 Å². The summed E-state index contributed by atoms with van der Waals surface area (Å²) >= 11 is 0. The number of ether oxygens (including phenoxy) is 1. The van der Waals surface area contributed by atoms with E-state index in [-0.39, 0.29) is 24.5 Å². The molecule has 1 N–H and O–H groups in total. The third-order valence-electron chi connectivity index (χ3n) is 4.76. The first-order valence-electron chi connectivity index (χ1n) is 10.0. The number of nitrogens with zero attached hydrogens (tertiary/aromatic N) is 1. The lowest BCUT2D eigenvalue weighted by molar-refractivity contribution is -0.142. The minimum absolute atomic E-state index is 0.00637. The molecule has 5 nitrogen and oxygen atoms in total. The first kappa shape index (κ1) is 22.5. The van der Waals surface area contributed by atoms with Crippen LogP contribution in [0.2, 0.25) is 0 Å². The van der Waals surface area contributed by atoms with Gasteiger partial charge >= 0.3 is 0 Å². The van der Waals surface area contributed by atoms with Gasteiger partial charge in [0.25, 0.3) is 5.91 Å². The van der Waals surface area contributed by atoms with Gasteiger partial charge in [-0.1, -0.05) is 30.3 Å². The van der Waals surface area contributed by atoms with E-state index in [9.17, 15) is 9.59 Å². The third-order valence-corrected chi connectivity index (χ3v) is 4.76. The zero-order valence-corrected chi connectivity index (χ0v) is 18.3. The van der Waals surface area contributed by atoms with Crippen molar-refractivity contribution in [3.05, 3.63) is 64.7 Å². The standard InChI is InChI=1S/C24H32N2O3/c1-16(2)25-24(28)20(6)26(14-21-10-8-7-9-19(21)5)23(27)15-29-22-12-17(3)11-18(4)13-22/h7-13,16,20H,14-15H2,1-6H3,(H,25,28)/t20-/m0/s1. The highest BCUT2D eigenvalue weighted by Crippen LogP contribution is 2.18. The molecule has 5 heteroatoms. The van der Waals surface area contributed by atoms with E-state index in [1.54, 1.807) is 11.8 Å². The van der Waals surface area contributed by atoms with Gasteiger partial charge in [0.2, 0.25) is 5.91 Å². The first-order chi connectivity index (χ1) is 13.7. The zero-order chi connectivity index (χ0) is 21.6. The summed E-state index contributed by atoms with van der Waals surface area (Å²) in [5, 5.41) is 2.89. The number of nitrogens with one attached hydrogen (secondary N) is 1. The topological polar surface area (TPSA) is 58.6 Å². The van der Waals surface area contributed by atoms with E-state index in [1.165, 1.54) is 0 Å². The van der Waals surface area contributed by atoms with Crippen LogP contribution in [0.5, 0.6) is 5.75 Å². The SMILES string of the molecule is Cc1cc(C)cc(OCC(=O)N(Cc2ccccc2C)[C@@H](C)C(=O)NC(C)C)c1. The Balaban J connectivity index is 2.19. The summed E-state index contributed by atoms with van der Waals surface area (Å²) in [5.41, 5.74) is 4.25. The van der Waals surface area contributed by atoms with Crippen LogP contribution in [0.4, 0.5) is 0 Å². The molecule has 0 fully saturated rings. The van der Waals surface area contributed by atoms with Crippen molar-refractivity contribution in [1.82, 2.24) is 10.2 Å². The Morgan fingerprint density at radius 1 is 1.00 bits per heavy atom. The molecule has 0 bridgehead atoms. The van der Waals surface area contributed by atoms with E-state index in [1.807, 2.05) is 71.0 Å². The molecule has 0 saturated carbocycles. The lowest BCUT2D eigenvalue weighted by Crippen LogP contribution is -2.50. The largest absolute Gasteiger partial charge is 0.484 e. The number of hydrogen-bond donors (Lipinski definition) is 1. The van der Waals surface area contributed by atoms with Crippen LogP contribution >= 0.6 is 0 Å². The van der Waals surface area contributed by atoms with Crippen LogP contribution in [0.1, 0.15) is 43.0 Å². The van der Waals surface area contributed by atoms with Gasteiger partial charge < -0.3 is 15.0 Å². The zero-order valence-electron chi connectivity index (χ0n) is 18.3. The summed E-state index contributed by atoms with van der Waals surface area (Å²) in [7, 11) is 0. The van der Waals surface area contributed by atoms with E-state index in [2.05, 4.69) is 11.4 Å². The summed E-state index contributed by atoms with van der Waals surface area (Å²) < 4.78 is 5.77. The molecule has 0 aliphatic carbocycles. The van der Waals surface area contributed by atoms with Crippen LogP contribution in [0, 0.1) is 20.8 Å². The number of hydrogen-bond acceptors (Lipinski definition) is 3. The number of benzene rings is 2. The molecule has 2 aromatic rings. The fourth-order valence-corrected chi connectivity index (χ4v) is 3.20. The Morgan fingerprint density at radius 2 is 1.62 bits per heavy atom. The number of carbonyl (C=O) groups excluding carboxylic acids is 2. The van der Waals surface area contributed by atoms with Gasteiger partial charge in [-0.05, 0) is 75.9 Å². The molecule has 0 radical (unpaired) electrons. The molecule has 0 unspecified atom stereocenters. The Hall–Kier alpha value is -2.82. The summed E-state index contributed by atoms with van der Waals surface area (Å²) in [6, 6.07) is 13.1. The first-order valence-corrected chi connectivity index (χ1v) is 10.0. The second-order valence-corrected chi connectivity index (χ2v) is 7.90. The smallest absolute Gasteiger partial charge is 0.261 e. The number of carbonyl (C=O) groups is 2. The summed E-state index contributed by atoms with van der Waals surface area (Å²) in [6.45, 7) is 11.8. The van der Waals surface area contributed by atoms with Crippen molar-refractivity contribution in [1.29, 1.82) is 0 Å². The maximum Gasteiger partial charge on any atom is 0.261 e. The highest BCUT2D eigenvalue weighted by molar-refractivity contribution is 5.88. The van der Waals surface area contributed by atoms with Crippen molar-refractivity contribution in [3.8, 4) is 5.75 Å². The van der Waals surface area contributed by atoms with Crippen LogP contribution in [-0.2, 0) is 16.1 Å². The molecule has 156 valence electrons. The molecule has 2 aromatic carbocycles. The van der Waals surface area contributed by atoms with Gasteiger partial charge in [0.1, 0.15) is 11.8 Å². The van der Waals surface area contributed by atoms with Gasteiger partial charge in [0.15, 0.2) is 6.61 Å². The van der Waals surface area contributed by atoms with E-state index in [0.717, 1.165) is 22.3 Å². The summed E-state index contributed by atoms with van der Waals surface area (Å²) in [5.74, 6) is 0.262. The molecule has 0 saturated heterocycles. The van der Waals surface area contributed by atoms with Crippen LogP contribution in [-0.4, -0.2) is 35.4 Å². The lowest BCUT2D eigenvalue weighted by atomic mass is 10.1. The van der Waals surface area contributed by atoms with E-state index < -0.39 is 6.04 Å². The lowest BCUT2D eigenvalue weighted by Gasteiger charge is -2.29. The van der Waals surface area contributed by atoms with Gasteiger partial charge in [-0.2, -0.15) is 0 Å². The third kappa shape index (κ3) is 6.63. The van der Waals surface area contributed by atoms with E-state index in [4.69, 9.17) is 4.74 Å². The molecule has 29 heavy (non-hydrogen) atoms. The Bertz CT molecular complexity index is 841. The molecule has 0 aliphatic heterocycles. The molecule has 2 amide bonds. The van der Waals surface area contributed by atoms with Gasteiger partial charge in [-0.15, -0.1) is 0 Å². The fraction of sp³-hybridized carbons (Fsp3) is 0.417. The van der Waals surface area contributed by atoms with Crippen LogP contribution in [0.3, 0.4) is 0 Å². The van der Waals surface area contributed by atoms with Crippen molar-refractivity contribution >= 4 is 11.8 Å². The molecule has 0 spiro atoms. The molecule has 0 heterocycles. The monoisotopic (exact) mass is 396 g/mol. The van der Waals surface area contributed by atoms with E-state index in [0.29, 0.717) is 12.3 Å². The molecular weight excluding hydrogens is 364 g/mol. The molecule has 0 aromatic heterocycles. The maximum atomic E-state index is 13.1. The fourth-order valence-electron chi connectivity index (χ4n) is 3.20. The van der Waals surface area contributed by atoms with E-state index >= 15 is 0 Å². The predicted octanol–water partition coefficient (Wildman–Crippen LogP) is 3.93. The average molecular weight is 397 g/mol. The summed E-state index contributed by atoms with van der Waals surface area (Å²) in [6.07, 6.45) is 0. The van der Waals surface area contributed by atoms with Crippen molar-refractivity contribution in [2.75, 3.05) is 6.61 Å². The quantitative estimate of drug-likeness (QED) is 0.735. The molecule has 2 rings (SSSR count). The van der Waals surface area contributed by atoms with Crippen LogP contribution < -0.4 is 10.1 Å². The van der Waals surface area contributed by atoms with Crippen molar-refractivity contribution in [2.24, 2.45) is 0 Å².